The Labute approximate surface area is 132 Å². The third-order valence-electron chi connectivity index (χ3n) is 1.77. The van der Waals surface area contributed by atoms with Gasteiger partial charge < -0.3 is 15.2 Å². The fourth-order valence-electron chi connectivity index (χ4n) is 1.27. The molecule has 0 bridgehead atoms. The number of aromatic amines is 1. The average molecular weight is 257 g/mol. The molecule has 0 saturated heterocycles. The smallest absolute Gasteiger partial charge is 0.870 e. The number of H-pyrrole nitrogens is 1. The van der Waals surface area contributed by atoms with Gasteiger partial charge in [-0.1, -0.05) is 12.1 Å². The summed E-state index contributed by atoms with van der Waals surface area (Å²) in [6, 6.07) is 6.16. The fraction of sp³-hybridized carbons (Fsp3) is 0.111. The number of para-hydroxylation sites is 1. The van der Waals surface area contributed by atoms with Crippen LogP contribution < -0.4 is 56.1 Å². The predicted molar refractivity (Wildman–Crippen MR) is 46.9 cm³/mol. The Bertz CT molecular complexity index is 455. The minimum absolute atomic E-state index is 0. The average Bonchev–Trinajstić information content (AvgIpc) is 2.49. The van der Waals surface area contributed by atoms with Crippen LogP contribution in [0.5, 0.6) is 5.75 Å². The molecule has 3 nitrogen and oxygen atoms in total. The number of fused-ring (bicyclic) bond motifs is 1. The van der Waals surface area contributed by atoms with Crippen LogP contribution in [0.15, 0.2) is 30.5 Å². The van der Waals surface area contributed by atoms with E-state index in [9.17, 15) is 13.2 Å². The van der Waals surface area contributed by atoms with Crippen molar-refractivity contribution in [2.75, 3.05) is 0 Å². The maximum atomic E-state index is 11.9. The Hall–Kier alpha value is -0.0536. The molecule has 1 aromatic heterocycles. The van der Waals surface area contributed by atoms with Gasteiger partial charge in [-0.05, 0) is 12.1 Å². The molecule has 2 N–H and O–H groups in total. The van der Waals surface area contributed by atoms with Crippen molar-refractivity contribution in [2.45, 2.75) is 6.36 Å². The van der Waals surface area contributed by atoms with Crippen molar-refractivity contribution >= 4 is 10.9 Å². The summed E-state index contributed by atoms with van der Waals surface area (Å²) < 4.78 is 39.7. The van der Waals surface area contributed by atoms with E-state index in [0.717, 1.165) is 0 Å². The largest absolute Gasteiger partial charge is 1.00 e. The Kier molecular flexibility index (Phi) is 6.02. The van der Waals surface area contributed by atoms with E-state index in [2.05, 4.69) is 9.72 Å². The number of alkyl halides is 3. The molecule has 2 aromatic rings. The normalized spacial score (nSPS) is 10.4. The second-order valence-corrected chi connectivity index (χ2v) is 2.75. The van der Waals surface area contributed by atoms with Crippen molar-refractivity contribution in [3.63, 3.8) is 0 Å². The van der Waals surface area contributed by atoms with Gasteiger partial charge in [-0.2, -0.15) is 0 Å². The fourth-order valence-corrected chi connectivity index (χ4v) is 1.27. The molecule has 2 rings (SSSR count). The zero-order valence-electron chi connectivity index (χ0n) is 8.38. The van der Waals surface area contributed by atoms with Crippen LogP contribution in [0.2, 0.25) is 0 Å². The molecule has 1 heterocycles. The maximum Gasteiger partial charge on any atom is 1.00 e. The molecule has 0 amide bonds. The molecule has 0 saturated carbocycles. The van der Waals surface area contributed by atoms with Gasteiger partial charge in [0, 0.05) is 11.6 Å². The minimum atomic E-state index is -4.65. The van der Waals surface area contributed by atoms with E-state index >= 15 is 0 Å². The zero-order valence-corrected chi connectivity index (χ0v) is 11.5. The van der Waals surface area contributed by atoms with E-state index in [-0.39, 0.29) is 62.6 Å². The van der Waals surface area contributed by atoms with Crippen LogP contribution in [-0.4, -0.2) is 16.8 Å². The second-order valence-electron chi connectivity index (χ2n) is 2.75. The molecule has 0 atom stereocenters. The first kappa shape index (κ1) is 15.9. The Morgan fingerprint density at radius 2 is 1.81 bits per heavy atom. The number of halogens is 3. The van der Waals surface area contributed by atoms with Gasteiger partial charge in [0.2, 0.25) is 0 Å². The van der Waals surface area contributed by atoms with Crippen LogP contribution in [-0.2, 0) is 0 Å². The van der Waals surface area contributed by atoms with Gasteiger partial charge in [0.25, 0.3) is 0 Å². The quantitative estimate of drug-likeness (QED) is 0.725. The van der Waals surface area contributed by atoms with Crippen molar-refractivity contribution in [3.05, 3.63) is 30.5 Å². The molecule has 0 aliphatic carbocycles. The number of rotatable bonds is 1. The van der Waals surface area contributed by atoms with E-state index in [1.807, 2.05) is 0 Å². The van der Waals surface area contributed by atoms with Crippen LogP contribution in [0, 0.1) is 0 Å². The molecule has 0 unspecified atom stereocenters. The topological polar surface area (TPSA) is 55.0 Å². The van der Waals surface area contributed by atoms with Gasteiger partial charge in [-0.15, -0.1) is 13.2 Å². The number of nitrogens with one attached hydrogen (secondary N) is 1. The standard InChI is InChI=1S/C9H6F3NO.K.H2O/c10-9(11,12)14-7-3-1-2-6-4-5-13-8(6)7;;/h1-5,13H;;1H2/q;+1;/p-1. The second kappa shape index (κ2) is 6.04. The van der Waals surface area contributed by atoms with E-state index < -0.39 is 6.36 Å². The maximum absolute atomic E-state index is 11.9. The molecular weight excluding hydrogens is 250 g/mol. The van der Waals surface area contributed by atoms with Crippen LogP contribution in [0.25, 0.3) is 10.9 Å². The predicted octanol–water partition coefficient (Wildman–Crippen LogP) is -0.106. The molecule has 0 aliphatic rings. The summed E-state index contributed by atoms with van der Waals surface area (Å²) in [7, 11) is 0. The summed E-state index contributed by atoms with van der Waals surface area (Å²) in [5, 5.41) is 0.687. The first-order valence-corrected chi connectivity index (χ1v) is 3.88. The molecule has 82 valence electrons. The zero-order chi connectivity index (χ0) is 10.2. The van der Waals surface area contributed by atoms with Gasteiger partial charge >= 0.3 is 57.7 Å². The summed E-state index contributed by atoms with van der Waals surface area (Å²) in [5.41, 5.74) is 0.352. The van der Waals surface area contributed by atoms with Crippen molar-refractivity contribution in [1.29, 1.82) is 0 Å². The van der Waals surface area contributed by atoms with Crippen LogP contribution in [0.1, 0.15) is 0 Å². The molecule has 16 heavy (non-hydrogen) atoms. The van der Waals surface area contributed by atoms with E-state index in [0.29, 0.717) is 10.9 Å². The molecule has 0 fully saturated rings. The van der Waals surface area contributed by atoms with Crippen LogP contribution >= 0.6 is 0 Å². The van der Waals surface area contributed by atoms with Crippen molar-refractivity contribution in [1.82, 2.24) is 4.98 Å². The first-order valence-electron chi connectivity index (χ1n) is 3.88. The summed E-state index contributed by atoms with van der Waals surface area (Å²) >= 11 is 0. The summed E-state index contributed by atoms with van der Waals surface area (Å²) in [6.07, 6.45) is -3.09. The van der Waals surface area contributed by atoms with Gasteiger partial charge in [-0.25, -0.2) is 0 Å². The Morgan fingerprint density at radius 1 is 1.12 bits per heavy atom. The number of hydrogen-bond acceptors (Lipinski definition) is 2. The van der Waals surface area contributed by atoms with E-state index in [4.69, 9.17) is 0 Å². The third kappa shape index (κ3) is 3.76. The molecule has 0 aliphatic heterocycles. The molecular formula is C9H7F3KNO2. The molecule has 7 heteroatoms. The Morgan fingerprint density at radius 3 is 2.44 bits per heavy atom. The first-order chi connectivity index (χ1) is 6.56. The van der Waals surface area contributed by atoms with E-state index in [1.54, 1.807) is 18.3 Å². The summed E-state index contributed by atoms with van der Waals surface area (Å²) in [5.74, 6) is -0.208. The van der Waals surface area contributed by atoms with E-state index in [1.165, 1.54) is 12.1 Å². The Balaban J connectivity index is 0.00000112. The number of aromatic nitrogens is 1. The number of hydrogen-bond donors (Lipinski definition) is 1. The molecule has 1 aromatic carbocycles. The van der Waals surface area contributed by atoms with Crippen molar-refractivity contribution in [2.24, 2.45) is 0 Å². The van der Waals surface area contributed by atoms with Crippen LogP contribution in [0.3, 0.4) is 0 Å². The monoisotopic (exact) mass is 257 g/mol. The molecule has 0 radical (unpaired) electrons. The van der Waals surface area contributed by atoms with Crippen LogP contribution in [0.4, 0.5) is 13.2 Å². The van der Waals surface area contributed by atoms with Gasteiger partial charge in [0.15, 0.2) is 5.75 Å². The summed E-state index contributed by atoms with van der Waals surface area (Å²) in [4.78, 5) is 2.69. The summed E-state index contributed by atoms with van der Waals surface area (Å²) in [6.45, 7) is 0. The number of benzene rings is 1. The molecule has 0 spiro atoms. The van der Waals surface area contributed by atoms with Gasteiger partial charge in [0.05, 0.1) is 5.52 Å². The van der Waals surface area contributed by atoms with Crippen molar-refractivity contribution < 1.29 is 74.8 Å². The SMILES string of the molecule is FC(F)(F)Oc1cccc2cc[nH]c12.[K+].[OH-]. The van der Waals surface area contributed by atoms with Gasteiger partial charge in [0.1, 0.15) is 0 Å². The third-order valence-corrected chi connectivity index (χ3v) is 1.77. The number of ether oxygens (including phenoxy) is 1. The van der Waals surface area contributed by atoms with Crippen molar-refractivity contribution in [3.8, 4) is 5.75 Å². The van der Waals surface area contributed by atoms with Gasteiger partial charge in [-0.3, -0.25) is 0 Å². The minimum Gasteiger partial charge on any atom is -0.870 e.